The summed E-state index contributed by atoms with van der Waals surface area (Å²) < 4.78 is 5.36. The molecule has 0 saturated carbocycles. The van der Waals surface area contributed by atoms with Crippen molar-refractivity contribution in [3.05, 3.63) is 17.7 Å². The minimum atomic E-state index is -1.18. The second-order valence-corrected chi connectivity index (χ2v) is 4.70. The van der Waals surface area contributed by atoms with Gasteiger partial charge in [0, 0.05) is 20.2 Å². The predicted molar refractivity (Wildman–Crippen MR) is 66.1 cm³/mol. The highest BCUT2D eigenvalue weighted by Gasteiger charge is 2.25. The number of nitrogens with one attached hydrogen (secondary N) is 1. The van der Waals surface area contributed by atoms with E-state index in [9.17, 15) is 9.59 Å². The Morgan fingerprint density at radius 3 is 3.05 bits per heavy atom. The van der Waals surface area contributed by atoms with Gasteiger partial charge >= 0.3 is 5.97 Å². The largest absolute Gasteiger partial charge is 0.477 e. The van der Waals surface area contributed by atoms with Crippen molar-refractivity contribution in [2.24, 2.45) is 5.92 Å². The molecule has 1 unspecified atom stereocenters. The SMILES string of the molecule is CN(CC1CCCOC1)C(=O)c1nc[nH]c1C(=O)O. The fraction of sp³-hybridized carbons (Fsp3) is 0.583. The number of carbonyl (C=O) groups excluding carboxylic acids is 1. The second kappa shape index (κ2) is 5.83. The first kappa shape index (κ1) is 13.5. The number of carbonyl (C=O) groups is 2. The van der Waals surface area contributed by atoms with Gasteiger partial charge in [0.05, 0.1) is 12.9 Å². The lowest BCUT2D eigenvalue weighted by Gasteiger charge is -2.26. The van der Waals surface area contributed by atoms with Crippen LogP contribution < -0.4 is 0 Å². The molecule has 19 heavy (non-hydrogen) atoms. The van der Waals surface area contributed by atoms with E-state index in [4.69, 9.17) is 9.84 Å². The van der Waals surface area contributed by atoms with Crippen LogP contribution in [0.25, 0.3) is 0 Å². The highest BCUT2D eigenvalue weighted by Crippen LogP contribution is 2.16. The minimum absolute atomic E-state index is 0.0493. The van der Waals surface area contributed by atoms with E-state index in [1.807, 2.05) is 0 Å². The van der Waals surface area contributed by atoms with Gasteiger partial charge in [0.2, 0.25) is 0 Å². The molecule has 1 aromatic rings. The number of aromatic nitrogens is 2. The molecule has 0 radical (unpaired) electrons. The van der Waals surface area contributed by atoms with Crippen LogP contribution in [0.1, 0.15) is 33.8 Å². The summed E-state index contributed by atoms with van der Waals surface area (Å²) in [5, 5.41) is 8.94. The third kappa shape index (κ3) is 3.11. The Hall–Kier alpha value is -1.89. The number of carboxylic acid groups (broad SMARTS) is 1. The molecule has 0 aromatic carbocycles. The van der Waals surface area contributed by atoms with Crippen molar-refractivity contribution in [1.29, 1.82) is 0 Å². The van der Waals surface area contributed by atoms with Gasteiger partial charge in [-0.3, -0.25) is 4.79 Å². The molecular formula is C12H17N3O4. The fourth-order valence-electron chi connectivity index (χ4n) is 2.22. The summed E-state index contributed by atoms with van der Waals surface area (Å²) in [6, 6.07) is 0. The number of imidazole rings is 1. The second-order valence-electron chi connectivity index (χ2n) is 4.70. The Morgan fingerprint density at radius 2 is 2.42 bits per heavy atom. The van der Waals surface area contributed by atoms with Gasteiger partial charge in [0.25, 0.3) is 5.91 Å². The molecule has 2 heterocycles. The lowest BCUT2D eigenvalue weighted by molar-refractivity contribution is 0.0385. The lowest BCUT2D eigenvalue weighted by Crippen LogP contribution is -2.35. The van der Waals surface area contributed by atoms with Crippen LogP contribution in [0.2, 0.25) is 0 Å². The molecule has 1 aromatic heterocycles. The van der Waals surface area contributed by atoms with Crippen molar-refractivity contribution in [2.45, 2.75) is 12.8 Å². The van der Waals surface area contributed by atoms with Crippen molar-refractivity contribution in [2.75, 3.05) is 26.8 Å². The molecule has 0 aliphatic carbocycles. The van der Waals surface area contributed by atoms with E-state index in [0.717, 1.165) is 19.4 Å². The number of hydrogen-bond donors (Lipinski definition) is 2. The molecular weight excluding hydrogens is 250 g/mol. The lowest BCUT2D eigenvalue weighted by atomic mass is 10.0. The molecule has 1 aliphatic heterocycles. The quantitative estimate of drug-likeness (QED) is 0.833. The molecule has 1 atom stereocenters. The third-order valence-electron chi connectivity index (χ3n) is 3.19. The van der Waals surface area contributed by atoms with Crippen LogP contribution in [0.5, 0.6) is 0 Å². The Balaban J connectivity index is 2.01. The predicted octanol–water partition coefficient (Wildman–Crippen LogP) is 0.606. The van der Waals surface area contributed by atoms with E-state index >= 15 is 0 Å². The van der Waals surface area contributed by atoms with Crippen LogP contribution in [0, 0.1) is 5.92 Å². The topological polar surface area (TPSA) is 95.5 Å². The monoisotopic (exact) mass is 267 g/mol. The summed E-state index contributed by atoms with van der Waals surface area (Å²) in [6.07, 6.45) is 3.23. The average molecular weight is 267 g/mol. The number of aromatic amines is 1. The maximum absolute atomic E-state index is 12.1. The van der Waals surface area contributed by atoms with E-state index in [1.54, 1.807) is 7.05 Å². The van der Waals surface area contributed by atoms with Crippen LogP contribution in [0.15, 0.2) is 6.33 Å². The average Bonchev–Trinajstić information content (AvgIpc) is 2.88. The molecule has 2 N–H and O–H groups in total. The molecule has 1 aliphatic rings. The summed E-state index contributed by atoms with van der Waals surface area (Å²) in [6.45, 7) is 1.96. The summed E-state index contributed by atoms with van der Waals surface area (Å²) in [5.41, 5.74) is -0.219. The molecule has 2 rings (SSSR count). The van der Waals surface area contributed by atoms with Crippen LogP contribution in [-0.2, 0) is 4.74 Å². The van der Waals surface area contributed by atoms with Gasteiger partial charge in [-0.2, -0.15) is 0 Å². The number of hydrogen-bond acceptors (Lipinski definition) is 4. The van der Waals surface area contributed by atoms with Gasteiger partial charge in [-0.1, -0.05) is 0 Å². The minimum Gasteiger partial charge on any atom is -0.477 e. The third-order valence-corrected chi connectivity index (χ3v) is 3.19. The number of aromatic carboxylic acids is 1. The normalized spacial score (nSPS) is 19.1. The molecule has 7 nitrogen and oxygen atoms in total. The number of nitrogens with zero attached hydrogens (tertiary/aromatic N) is 2. The van der Waals surface area contributed by atoms with E-state index in [-0.39, 0.29) is 17.3 Å². The van der Waals surface area contributed by atoms with Gasteiger partial charge in [0.1, 0.15) is 0 Å². The zero-order valence-electron chi connectivity index (χ0n) is 10.8. The fourth-order valence-corrected chi connectivity index (χ4v) is 2.22. The highest BCUT2D eigenvalue weighted by molar-refractivity contribution is 6.02. The van der Waals surface area contributed by atoms with E-state index in [0.29, 0.717) is 19.1 Å². The maximum Gasteiger partial charge on any atom is 0.354 e. The first-order valence-electron chi connectivity index (χ1n) is 6.19. The van der Waals surface area contributed by atoms with E-state index in [1.165, 1.54) is 11.2 Å². The van der Waals surface area contributed by atoms with Gasteiger partial charge in [-0.25, -0.2) is 9.78 Å². The maximum atomic E-state index is 12.1. The summed E-state index contributed by atoms with van der Waals surface area (Å²) in [4.78, 5) is 30.8. The van der Waals surface area contributed by atoms with Crippen molar-refractivity contribution in [3.63, 3.8) is 0 Å². The van der Waals surface area contributed by atoms with Crippen LogP contribution >= 0.6 is 0 Å². The molecule has 104 valence electrons. The number of amides is 1. The van der Waals surface area contributed by atoms with Crippen LogP contribution in [0.4, 0.5) is 0 Å². The summed E-state index contributed by atoms with van der Waals surface area (Å²) >= 11 is 0. The van der Waals surface area contributed by atoms with Gasteiger partial charge in [-0.15, -0.1) is 0 Å². The van der Waals surface area contributed by atoms with Crippen molar-refractivity contribution < 1.29 is 19.4 Å². The smallest absolute Gasteiger partial charge is 0.354 e. The summed E-state index contributed by atoms with van der Waals surface area (Å²) in [5.74, 6) is -1.27. The zero-order chi connectivity index (χ0) is 13.8. The molecule has 7 heteroatoms. The Kier molecular flexibility index (Phi) is 4.16. The number of rotatable bonds is 4. The van der Waals surface area contributed by atoms with Gasteiger partial charge in [-0.05, 0) is 18.8 Å². The van der Waals surface area contributed by atoms with Gasteiger partial charge in [0.15, 0.2) is 11.4 Å². The Morgan fingerprint density at radius 1 is 1.63 bits per heavy atom. The molecule has 0 bridgehead atoms. The standard InChI is InChI=1S/C12H17N3O4/c1-15(5-8-3-2-4-19-6-8)11(16)9-10(12(17)18)14-7-13-9/h7-8H,2-6H2,1H3,(H,13,14)(H,17,18). The van der Waals surface area contributed by atoms with Gasteiger partial charge < -0.3 is 19.7 Å². The van der Waals surface area contributed by atoms with Crippen molar-refractivity contribution in [3.8, 4) is 0 Å². The van der Waals surface area contributed by atoms with Crippen LogP contribution in [0.3, 0.4) is 0 Å². The number of ether oxygens (including phenoxy) is 1. The first-order chi connectivity index (χ1) is 9.09. The summed E-state index contributed by atoms with van der Waals surface area (Å²) in [7, 11) is 1.65. The van der Waals surface area contributed by atoms with E-state index in [2.05, 4.69) is 9.97 Å². The van der Waals surface area contributed by atoms with E-state index < -0.39 is 5.97 Å². The molecule has 1 fully saturated rings. The number of carboxylic acids is 1. The first-order valence-corrected chi connectivity index (χ1v) is 6.19. The van der Waals surface area contributed by atoms with Crippen LogP contribution in [-0.4, -0.2) is 58.7 Å². The molecule has 0 spiro atoms. The Labute approximate surface area is 110 Å². The van der Waals surface area contributed by atoms with Crippen molar-refractivity contribution >= 4 is 11.9 Å². The molecule has 1 saturated heterocycles. The van der Waals surface area contributed by atoms with Crippen molar-refractivity contribution in [1.82, 2.24) is 14.9 Å². The number of H-pyrrole nitrogens is 1. The molecule has 1 amide bonds. The zero-order valence-corrected chi connectivity index (χ0v) is 10.8. The highest BCUT2D eigenvalue weighted by atomic mass is 16.5. The Bertz CT molecular complexity index is 465.